The van der Waals surface area contributed by atoms with Crippen molar-refractivity contribution < 1.29 is 22.4 Å². The summed E-state index contributed by atoms with van der Waals surface area (Å²) in [6.07, 6.45) is -2.53. The largest absolute Gasteiger partial charge is 0.451 e. The fourth-order valence-corrected chi connectivity index (χ4v) is 2.37. The Kier molecular flexibility index (Phi) is 4.99. The second-order valence-electron chi connectivity index (χ2n) is 5.87. The number of aryl methyl sites for hydroxylation is 2. The second kappa shape index (κ2) is 7.25. The van der Waals surface area contributed by atoms with E-state index in [1.54, 1.807) is 12.3 Å². The van der Waals surface area contributed by atoms with Crippen LogP contribution in [0.5, 0.6) is 0 Å². The summed E-state index contributed by atoms with van der Waals surface area (Å²) in [7, 11) is 0. The van der Waals surface area contributed by atoms with Crippen molar-refractivity contribution in [3.05, 3.63) is 52.9 Å². The smallest absolute Gasteiger partial charge is 0.430 e. The van der Waals surface area contributed by atoms with E-state index in [1.165, 1.54) is 6.92 Å². The van der Waals surface area contributed by atoms with Crippen molar-refractivity contribution in [1.82, 2.24) is 25.3 Å². The Labute approximate surface area is 157 Å². The average Bonchev–Trinajstić information content (AvgIpc) is 3.12. The number of nitrogens with two attached hydrogens (primary N) is 1. The Morgan fingerprint density at radius 3 is 2.64 bits per heavy atom. The van der Waals surface area contributed by atoms with Crippen LogP contribution in [-0.4, -0.2) is 25.8 Å². The Balaban J connectivity index is 1.82. The number of nitrogens with zero attached hydrogens (tertiary/aromatic N) is 4. The number of hydrogen-bond donors (Lipinski definition) is 2. The highest BCUT2D eigenvalue weighted by Crippen LogP contribution is 2.32. The zero-order valence-corrected chi connectivity index (χ0v) is 14.8. The number of pyridine rings is 1. The Bertz CT molecular complexity index is 1030. The van der Waals surface area contributed by atoms with Gasteiger partial charge in [-0.15, -0.1) is 0 Å². The van der Waals surface area contributed by atoms with Gasteiger partial charge in [0.15, 0.2) is 11.5 Å². The van der Waals surface area contributed by atoms with E-state index in [-0.39, 0.29) is 35.3 Å². The molecule has 0 saturated heterocycles. The number of carbonyl (C=O) groups is 1. The first-order valence-corrected chi connectivity index (χ1v) is 8.03. The van der Waals surface area contributed by atoms with Crippen LogP contribution in [0.3, 0.4) is 0 Å². The number of oxazole rings is 1. The van der Waals surface area contributed by atoms with Crippen LogP contribution in [-0.2, 0) is 12.7 Å². The van der Waals surface area contributed by atoms with Crippen molar-refractivity contribution >= 4 is 11.7 Å². The molecule has 3 aromatic rings. The molecular weight excluding hydrogens is 377 g/mol. The van der Waals surface area contributed by atoms with Crippen LogP contribution in [0.4, 0.5) is 19.0 Å². The maximum absolute atomic E-state index is 12.7. The number of carbonyl (C=O) groups excluding carboxylic acids is 1. The van der Waals surface area contributed by atoms with Crippen LogP contribution < -0.4 is 11.1 Å². The summed E-state index contributed by atoms with van der Waals surface area (Å²) in [5, 5.41) is 2.64. The number of hydrogen-bond acceptors (Lipinski definition) is 7. The summed E-state index contributed by atoms with van der Waals surface area (Å²) in [4.78, 5) is 28.1. The van der Waals surface area contributed by atoms with Gasteiger partial charge in [-0.25, -0.2) is 15.0 Å². The Hall–Kier alpha value is -3.50. The summed E-state index contributed by atoms with van der Waals surface area (Å²) >= 11 is 0. The quantitative estimate of drug-likeness (QED) is 0.700. The number of anilines is 1. The highest BCUT2D eigenvalue weighted by Gasteiger charge is 2.36. The molecule has 0 aromatic carbocycles. The topological polar surface area (TPSA) is 120 Å². The van der Waals surface area contributed by atoms with Gasteiger partial charge in [-0.05, 0) is 25.5 Å². The van der Waals surface area contributed by atoms with Crippen LogP contribution in [0, 0.1) is 13.8 Å². The standard InChI is InChI=1S/C17H15F3N6O2/c1-8-4-3-5-22-10(8)6-23-15(27)13-14(21)26-12(9(2)25-13)16-24-7-11(28-16)17(18,19)20/h3-5,7H,6H2,1-2H3,(H2,21,26)(H,23,27). The molecule has 0 radical (unpaired) electrons. The monoisotopic (exact) mass is 392 g/mol. The molecule has 146 valence electrons. The van der Waals surface area contributed by atoms with Crippen molar-refractivity contribution in [2.75, 3.05) is 5.73 Å². The molecule has 0 aliphatic rings. The van der Waals surface area contributed by atoms with Crippen LogP contribution in [0.1, 0.15) is 33.2 Å². The van der Waals surface area contributed by atoms with Crippen molar-refractivity contribution in [1.29, 1.82) is 0 Å². The van der Waals surface area contributed by atoms with Gasteiger partial charge in [0.05, 0.1) is 24.1 Å². The summed E-state index contributed by atoms with van der Waals surface area (Å²) in [6.45, 7) is 3.47. The van der Waals surface area contributed by atoms with E-state index in [9.17, 15) is 18.0 Å². The molecule has 1 amide bonds. The molecule has 0 unspecified atom stereocenters. The van der Waals surface area contributed by atoms with Crippen LogP contribution >= 0.6 is 0 Å². The lowest BCUT2D eigenvalue weighted by molar-refractivity contribution is -0.152. The molecule has 0 atom stereocenters. The van der Waals surface area contributed by atoms with E-state index in [4.69, 9.17) is 5.73 Å². The lowest BCUT2D eigenvalue weighted by Gasteiger charge is -2.10. The van der Waals surface area contributed by atoms with E-state index in [2.05, 4.69) is 29.7 Å². The third kappa shape index (κ3) is 3.92. The number of amides is 1. The first kappa shape index (κ1) is 19.3. The minimum atomic E-state index is -4.68. The van der Waals surface area contributed by atoms with Crippen LogP contribution in [0.15, 0.2) is 28.9 Å². The van der Waals surface area contributed by atoms with E-state index in [0.717, 1.165) is 5.56 Å². The lowest BCUT2D eigenvalue weighted by atomic mass is 10.2. The number of rotatable bonds is 4. The van der Waals surface area contributed by atoms with Crippen LogP contribution in [0.25, 0.3) is 11.6 Å². The molecule has 3 rings (SSSR count). The minimum absolute atomic E-state index is 0.0786. The summed E-state index contributed by atoms with van der Waals surface area (Å²) in [6, 6.07) is 3.63. The van der Waals surface area contributed by atoms with E-state index >= 15 is 0 Å². The van der Waals surface area contributed by atoms with Crippen molar-refractivity contribution in [3.8, 4) is 11.6 Å². The molecule has 3 aromatic heterocycles. The molecule has 11 heteroatoms. The van der Waals surface area contributed by atoms with Crippen molar-refractivity contribution in [2.24, 2.45) is 0 Å². The van der Waals surface area contributed by atoms with Gasteiger partial charge in [-0.3, -0.25) is 9.78 Å². The maximum Gasteiger partial charge on any atom is 0.451 e. The number of halogens is 3. The highest BCUT2D eigenvalue weighted by atomic mass is 19.4. The summed E-state index contributed by atoms with van der Waals surface area (Å²) in [5.41, 5.74) is 7.26. The Morgan fingerprint density at radius 1 is 1.25 bits per heavy atom. The molecule has 0 bridgehead atoms. The highest BCUT2D eigenvalue weighted by molar-refractivity contribution is 5.96. The first-order chi connectivity index (χ1) is 13.2. The van der Waals surface area contributed by atoms with Gasteiger partial charge in [0.25, 0.3) is 5.91 Å². The van der Waals surface area contributed by atoms with Gasteiger partial charge in [-0.1, -0.05) is 6.07 Å². The van der Waals surface area contributed by atoms with E-state index < -0.39 is 17.8 Å². The molecule has 0 saturated carbocycles. The summed E-state index contributed by atoms with van der Waals surface area (Å²) in [5.74, 6) is -2.51. The van der Waals surface area contributed by atoms with Gasteiger partial charge in [-0.2, -0.15) is 13.2 Å². The van der Waals surface area contributed by atoms with Gasteiger partial charge >= 0.3 is 6.18 Å². The number of nitrogen functional groups attached to an aromatic ring is 1. The predicted molar refractivity (Wildman–Crippen MR) is 91.8 cm³/mol. The fourth-order valence-electron chi connectivity index (χ4n) is 2.37. The first-order valence-electron chi connectivity index (χ1n) is 8.03. The van der Waals surface area contributed by atoms with Crippen molar-refractivity contribution in [2.45, 2.75) is 26.6 Å². The molecule has 8 nitrogen and oxygen atoms in total. The van der Waals surface area contributed by atoms with Gasteiger partial charge in [0, 0.05) is 6.20 Å². The molecule has 0 aliphatic carbocycles. The SMILES string of the molecule is Cc1cccnc1CNC(=O)c1nc(C)c(-c2ncc(C(F)(F)F)o2)nc1N. The Morgan fingerprint density at radius 2 is 2.00 bits per heavy atom. The lowest BCUT2D eigenvalue weighted by Crippen LogP contribution is -2.26. The molecule has 3 heterocycles. The fraction of sp³-hybridized carbons (Fsp3) is 0.235. The van der Waals surface area contributed by atoms with Gasteiger partial charge < -0.3 is 15.5 Å². The summed E-state index contributed by atoms with van der Waals surface area (Å²) < 4.78 is 42.7. The third-order valence-electron chi connectivity index (χ3n) is 3.83. The zero-order chi connectivity index (χ0) is 20.5. The molecular formula is C17H15F3N6O2. The zero-order valence-electron chi connectivity index (χ0n) is 14.8. The van der Waals surface area contributed by atoms with E-state index in [1.807, 2.05) is 13.0 Å². The molecule has 28 heavy (non-hydrogen) atoms. The molecule has 0 spiro atoms. The minimum Gasteiger partial charge on any atom is -0.430 e. The maximum atomic E-state index is 12.7. The third-order valence-corrected chi connectivity index (χ3v) is 3.83. The van der Waals surface area contributed by atoms with Gasteiger partial charge in [0.2, 0.25) is 11.7 Å². The molecule has 0 fully saturated rings. The van der Waals surface area contributed by atoms with E-state index in [0.29, 0.717) is 11.9 Å². The molecule has 0 aliphatic heterocycles. The van der Waals surface area contributed by atoms with Crippen molar-refractivity contribution in [3.63, 3.8) is 0 Å². The van der Waals surface area contributed by atoms with Gasteiger partial charge in [0.1, 0.15) is 5.69 Å². The van der Waals surface area contributed by atoms with Crippen LogP contribution in [0.2, 0.25) is 0 Å². The molecule has 3 N–H and O–H groups in total. The average molecular weight is 392 g/mol. The number of nitrogens with one attached hydrogen (secondary N) is 1. The number of alkyl halides is 3. The normalized spacial score (nSPS) is 11.5. The second-order valence-corrected chi connectivity index (χ2v) is 5.87. The predicted octanol–water partition coefficient (Wildman–Crippen LogP) is 2.67. The number of aromatic nitrogens is 4.